The van der Waals surface area contributed by atoms with Crippen molar-refractivity contribution in [2.24, 2.45) is 0 Å². The molecule has 1 unspecified atom stereocenters. The Balaban J connectivity index is 1.45. The number of sulfonamides is 1. The lowest BCUT2D eigenvalue weighted by Gasteiger charge is -2.24. The van der Waals surface area contributed by atoms with Crippen molar-refractivity contribution in [3.8, 4) is 0 Å². The van der Waals surface area contributed by atoms with Gasteiger partial charge in [-0.3, -0.25) is 9.10 Å². The van der Waals surface area contributed by atoms with Gasteiger partial charge in [-0.2, -0.15) is 0 Å². The topological polar surface area (TPSA) is 92.8 Å². The van der Waals surface area contributed by atoms with Gasteiger partial charge in [0.2, 0.25) is 0 Å². The minimum Gasteiger partial charge on any atom is -0.462 e. The lowest BCUT2D eigenvalue weighted by molar-refractivity contribution is 0.0526. The van der Waals surface area contributed by atoms with Crippen molar-refractivity contribution in [1.29, 1.82) is 0 Å². The quantitative estimate of drug-likeness (QED) is 0.448. The van der Waals surface area contributed by atoms with Gasteiger partial charge in [-0.05, 0) is 81.3 Å². The Bertz CT molecular complexity index is 1440. The van der Waals surface area contributed by atoms with Crippen LogP contribution in [0.1, 0.15) is 63.4 Å². The number of nitrogens with one attached hydrogen (secondary N) is 1. The van der Waals surface area contributed by atoms with Crippen molar-refractivity contribution in [2.45, 2.75) is 56.9 Å². The minimum atomic E-state index is -3.88. The average molecular weight is 525 g/mol. The number of esters is 1. The van der Waals surface area contributed by atoms with Crippen LogP contribution in [0.3, 0.4) is 0 Å². The van der Waals surface area contributed by atoms with Crippen LogP contribution in [0.4, 0.5) is 10.7 Å². The fourth-order valence-electron chi connectivity index (χ4n) is 5.06. The number of thiophene rings is 1. The summed E-state index contributed by atoms with van der Waals surface area (Å²) in [4.78, 5) is 27.1. The molecule has 5 rings (SSSR count). The first-order valence-electron chi connectivity index (χ1n) is 12.2. The van der Waals surface area contributed by atoms with Crippen LogP contribution in [0.5, 0.6) is 0 Å². The van der Waals surface area contributed by atoms with E-state index >= 15 is 0 Å². The second kappa shape index (κ2) is 9.71. The summed E-state index contributed by atoms with van der Waals surface area (Å²) in [5.74, 6) is -0.906. The molecule has 0 spiro atoms. The molecule has 0 fully saturated rings. The monoisotopic (exact) mass is 524 g/mol. The molecule has 2 heterocycles. The maximum atomic E-state index is 13.6. The number of para-hydroxylation sites is 1. The number of hydrogen-bond acceptors (Lipinski definition) is 6. The lowest BCUT2D eigenvalue weighted by atomic mass is 9.95. The van der Waals surface area contributed by atoms with Crippen molar-refractivity contribution >= 4 is 43.9 Å². The fourth-order valence-corrected chi connectivity index (χ4v) is 8.07. The third-order valence-corrected chi connectivity index (χ3v) is 9.81. The zero-order valence-electron chi connectivity index (χ0n) is 20.2. The standard InChI is InChI=1S/C27H28N2O5S2/c1-3-34-27(31)24-21-12-5-7-14-23(21)35-26(24)28-25(30)19-10-8-11-20(16-19)36(32,33)29-17(2)15-18-9-4-6-13-22(18)29/h4,6,8-11,13,16-17H,3,5,7,12,14-15H2,1-2H3,(H,28,30). The number of nitrogens with zero attached hydrogens (tertiary/aromatic N) is 1. The van der Waals surface area contributed by atoms with Gasteiger partial charge in [0.1, 0.15) is 5.00 Å². The molecule has 2 aliphatic rings. The fraction of sp³-hybridized carbons (Fsp3) is 0.333. The molecule has 36 heavy (non-hydrogen) atoms. The van der Waals surface area contributed by atoms with Gasteiger partial charge in [-0.25, -0.2) is 13.2 Å². The minimum absolute atomic E-state index is 0.0507. The third kappa shape index (κ3) is 4.30. The van der Waals surface area contributed by atoms with Gasteiger partial charge >= 0.3 is 5.97 Å². The van der Waals surface area contributed by atoms with Crippen LogP contribution in [0, 0.1) is 0 Å². The summed E-state index contributed by atoms with van der Waals surface area (Å²) in [6, 6.07) is 13.3. The summed E-state index contributed by atoms with van der Waals surface area (Å²) in [6.45, 7) is 3.87. The Kier molecular flexibility index (Phi) is 6.61. The van der Waals surface area contributed by atoms with Crippen LogP contribution < -0.4 is 9.62 Å². The van der Waals surface area contributed by atoms with Crippen LogP contribution in [0.15, 0.2) is 53.4 Å². The number of carbonyl (C=O) groups is 2. The number of anilines is 2. The van der Waals surface area contributed by atoms with Gasteiger partial charge in [0.25, 0.3) is 15.9 Å². The molecule has 0 bridgehead atoms. The van der Waals surface area contributed by atoms with Crippen LogP contribution in [-0.4, -0.2) is 32.9 Å². The molecule has 1 aromatic heterocycles. The normalized spacial score (nSPS) is 16.8. The summed E-state index contributed by atoms with van der Waals surface area (Å²) in [5.41, 5.74) is 3.24. The van der Waals surface area contributed by atoms with Crippen molar-refractivity contribution in [3.63, 3.8) is 0 Å². The highest BCUT2D eigenvalue weighted by molar-refractivity contribution is 7.92. The third-order valence-electron chi connectivity index (χ3n) is 6.68. The highest BCUT2D eigenvalue weighted by Crippen LogP contribution is 2.39. The van der Waals surface area contributed by atoms with E-state index in [9.17, 15) is 18.0 Å². The molecule has 1 amide bonds. The van der Waals surface area contributed by atoms with Crippen LogP contribution in [0.25, 0.3) is 0 Å². The van der Waals surface area contributed by atoms with Gasteiger partial charge in [-0.15, -0.1) is 11.3 Å². The molecule has 2 aromatic carbocycles. The van der Waals surface area contributed by atoms with Gasteiger partial charge in [-0.1, -0.05) is 24.3 Å². The van der Waals surface area contributed by atoms with Gasteiger partial charge in [0, 0.05) is 16.5 Å². The molecule has 1 N–H and O–H groups in total. The van der Waals surface area contributed by atoms with E-state index < -0.39 is 21.9 Å². The molecular weight excluding hydrogens is 496 g/mol. The van der Waals surface area contributed by atoms with Crippen LogP contribution in [-0.2, 0) is 34.0 Å². The van der Waals surface area contributed by atoms with E-state index in [4.69, 9.17) is 4.74 Å². The molecule has 9 heteroatoms. The summed E-state index contributed by atoms with van der Waals surface area (Å²) in [6.07, 6.45) is 4.31. The summed E-state index contributed by atoms with van der Waals surface area (Å²) in [7, 11) is -3.88. The number of hydrogen-bond donors (Lipinski definition) is 1. The van der Waals surface area contributed by atoms with E-state index in [0.717, 1.165) is 41.7 Å². The number of benzene rings is 2. The van der Waals surface area contributed by atoms with Gasteiger partial charge in [0.15, 0.2) is 0 Å². The van der Waals surface area contributed by atoms with E-state index in [1.54, 1.807) is 19.1 Å². The van der Waals surface area contributed by atoms with Crippen molar-refractivity contribution in [1.82, 2.24) is 0 Å². The maximum absolute atomic E-state index is 13.6. The second-order valence-corrected chi connectivity index (χ2v) is 12.0. The molecule has 7 nitrogen and oxygen atoms in total. The van der Waals surface area contributed by atoms with Gasteiger partial charge in [0.05, 0.1) is 22.8 Å². The van der Waals surface area contributed by atoms with Crippen LogP contribution >= 0.6 is 11.3 Å². The first-order valence-corrected chi connectivity index (χ1v) is 14.4. The summed E-state index contributed by atoms with van der Waals surface area (Å²) < 4.78 is 34.0. The number of ether oxygens (including phenoxy) is 1. The lowest BCUT2D eigenvalue weighted by Crippen LogP contribution is -2.35. The highest BCUT2D eigenvalue weighted by atomic mass is 32.2. The van der Waals surface area contributed by atoms with E-state index in [1.807, 2.05) is 31.2 Å². The average Bonchev–Trinajstić information content (AvgIpc) is 3.40. The van der Waals surface area contributed by atoms with E-state index in [1.165, 1.54) is 27.8 Å². The molecule has 1 aliphatic carbocycles. The Morgan fingerprint density at radius 3 is 2.69 bits per heavy atom. The summed E-state index contributed by atoms with van der Waals surface area (Å²) in [5, 5.41) is 3.33. The molecule has 0 saturated carbocycles. The Morgan fingerprint density at radius 2 is 1.89 bits per heavy atom. The predicted molar refractivity (Wildman–Crippen MR) is 141 cm³/mol. The SMILES string of the molecule is CCOC(=O)c1c(NC(=O)c2cccc(S(=O)(=O)N3c4ccccc4CC3C)c2)sc2c1CCCC2. The Morgan fingerprint density at radius 1 is 1.11 bits per heavy atom. The maximum Gasteiger partial charge on any atom is 0.341 e. The highest BCUT2D eigenvalue weighted by Gasteiger charge is 2.36. The smallest absolute Gasteiger partial charge is 0.341 e. The molecule has 1 aliphatic heterocycles. The second-order valence-electron chi connectivity index (χ2n) is 9.10. The number of rotatable bonds is 6. The number of aryl methyl sites for hydroxylation is 1. The number of carbonyl (C=O) groups excluding carboxylic acids is 2. The molecule has 0 saturated heterocycles. The first-order chi connectivity index (χ1) is 17.3. The first kappa shape index (κ1) is 24.5. The Hall–Kier alpha value is -3.17. The van der Waals surface area contributed by atoms with Crippen molar-refractivity contribution in [2.75, 3.05) is 16.2 Å². The molecule has 1 atom stereocenters. The number of amides is 1. The molecule has 0 radical (unpaired) electrons. The Labute approximate surface area is 215 Å². The zero-order valence-corrected chi connectivity index (χ0v) is 21.9. The van der Waals surface area contributed by atoms with E-state index in [0.29, 0.717) is 22.7 Å². The zero-order chi connectivity index (χ0) is 25.4. The van der Waals surface area contributed by atoms with E-state index in [2.05, 4.69) is 5.32 Å². The van der Waals surface area contributed by atoms with E-state index in [-0.39, 0.29) is 23.1 Å². The molecule has 3 aromatic rings. The summed E-state index contributed by atoms with van der Waals surface area (Å²) >= 11 is 1.40. The predicted octanol–water partition coefficient (Wildman–Crippen LogP) is 5.20. The van der Waals surface area contributed by atoms with Crippen molar-refractivity contribution < 1.29 is 22.7 Å². The van der Waals surface area contributed by atoms with Crippen LogP contribution in [0.2, 0.25) is 0 Å². The largest absolute Gasteiger partial charge is 0.462 e. The van der Waals surface area contributed by atoms with Gasteiger partial charge < -0.3 is 10.1 Å². The molecule has 188 valence electrons. The van der Waals surface area contributed by atoms with Crippen molar-refractivity contribution in [3.05, 3.63) is 75.7 Å². The number of fused-ring (bicyclic) bond motifs is 2. The molecular formula is C27H28N2O5S2.